The lowest BCUT2D eigenvalue weighted by molar-refractivity contribution is 0.0698. The number of benzene rings is 1. The molecule has 0 heterocycles. The van der Waals surface area contributed by atoms with Crippen molar-refractivity contribution in [3.63, 3.8) is 0 Å². The first-order valence-electron chi connectivity index (χ1n) is 4.61. The molecule has 1 aromatic carbocycles. The van der Waals surface area contributed by atoms with Crippen molar-refractivity contribution in [2.75, 3.05) is 10.5 Å². The molecule has 8 heteroatoms. The molecule has 0 aliphatic heterocycles. The van der Waals surface area contributed by atoms with E-state index in [-0.39, 0.29) is 21.5 Å². The maximum absolute atomic E-state index is 11.6. The average Bonchev–Trinajstić information content (AvgIpc) is 2.22. The number of aromatic carboxylic acids is 1. The number of sulfonamides is 1. The maximum atomic E-state index is 11.6. The standard InChI is InChI=1S/C10H9Cl2NO4S/c1-2-5-18(16,17)13-9-7(12)4-3-6(11)8(9)10(14)15/h2-4,13H,1,5H2,(H,14,15). The Morgan fingerprint density at radius 2 is 1.94 bits per heavy atom. The van der Waals surface area contributed by atoms with Gasteiger partial charge >= 0.3 is 5.97 Å². The molecule has 0 fully saturated rings. The number of hydrogen-bond acceptors (Lipinski definition) is 3. The average molecular weight is 310 g/mol. The molecule has 0 aliphatic carbocycles. The van der Waals surface area contributed by atoms with Crippen LogP contribution < -0.4 is 4.72 Å². The monoisotopic (exact) mass is 309 g/mol. The largest absolute Gasteiger partial charge is 0.478 e. The minimum absolute atomic E-state index is 0.0514. The zero-order valence-corrected chi connectivity index (χ0v) is 11.3. The lowest BCUT2D eigenvalue weighted by Gasteiger charge is -2.12. The van der Waals surface area contributed by atoms with Gasteiger partial charge in [-0.2, -0.15) is 0 Å². The van der Waals surface area contributed by atoms with Gasteiger partial charge in [-0.25, -0.2) is 13.2 Å². The summed E-state index contributed by atoms with van der Waals surface area (Å²) < 4.78 is 25.2. The highest BCUT2D eigenvalue weighted by atomic mass is 35.5. The number of carboxylic acids is 1. The van der Waals surface area contributed by atoms with E-state index < -0.39 is 21.6 Å². The highest BCUT2D eigenvalue weighted by Gasteiger charge is 2.21. The van der Waals surface area contributed by atoms with Gasteiger partial charge in [0.15, 0.2) is 0 Å². The van der Waals surface area contributed by atoms with Gasteiger partial charge < -0.3 is 5.11 Å². The second kappa shape index (κ2) is 5.60. The predicted octanol–water partition coefficient (Wildman–Crippen LogP) is 2.62. The number of carbonyl (C=O) groups is 1. The van der Waals surface area contributed by atoms with Gasteiger partial charge in [0.1, 0.15) is 5.56 Å². The van der Waals surface area contributed by atoms with Crippen molar-refractivity contribution in [2.24, 2.45) is 0 Å². The van der Waals surface area contributed by atoms with E-state index >= 15 is 0 Å². The van der Waals surface area contributed by atoms with Crippen LogP contribution in [0.4, 0.5) is 5.69 Å². The second-order valence-corrected chi connectivity index (χ2v) is 5.84. The molecule has 0 aromatic heterocycles. The Morgan fingerprint density at radius 1 is 1.39 bits per heavy atom. The van der Waals surface area contributed by atoms with E-state index in [9.17, 15) is 13.2 Å². The van der Waals surface area contributed by atoms with Gasteiger partial charge in [-0.1, -0.05) is 29.3 Å². The molecule has 18 heavy (non-hydrogen) atoms. The Morgan fingerprint density at radius 3 is 2.44 bits per heavy atom. The van der Waals surface area contributed by atoms with Crippen LogP contribution in [0.2, 0.25) is 10.0 Å². The number of rotatable bonds is 5. The summed E-state index contributed by atoms with van der Waals surface area (Å²) >= 11 is 11.5. The van der Waals surface area contributed by atoms with Crippen LogP contribution in [0.1, 0.15) is 10.4 Å². The number of nitrogens with one attached hydrogen (secondary N) is 1. The fraction of sp³-hybridized carbons (Fsp3) is 0.100. The van der Waals surface area contributed by atoms with Crippen molar-refractivity contribution in [1.82, 2.24) is 0 Å². The highest BCUT2D eigenvalue weighted by Crippen LogP contribution is 2.32. The summed E-state index contributed by atoms with van der Waals surface area (Å²) in [6, 6.07) is 2.58. The Labute approximate surface area is 114 Å². The fourth-order valence-electron chi connectivity index (χ4n) is 1.21. The summed E-state index contributed by atoms with van der Waals surface area (Å²) in [5.74, 6) is -1.74. The maximum Gasteiger partial charge on any atom is 0.339 e. The van der Waals surface area contributed by atoms with E-state index in [1.807, 2.05) is 0 Å². The quantitative estimate of drug-likeness (QED) is 0.819. The molecule has 0 spiro atoms. The summed E-state index contributed by atoms with van der Waals surface area (Å²) in [6.07, 6.45) is 1.17. The molecule has 0 amide bonds. The van der Waals surface area contributed by atoms with E-state index in [0.717, 1.165) is 0 Å². The van der Waals surface area contributed by atoms with Gasteiger partial charge in [0.2, 0.25) is 10.0 Å². The van der Waals surface area contributed by atoms with E-state index in [4.69, 9.17) is 28.3 Å². The van der Waals surface area contributed by atoms with Crippen molar-refractivity contribution in [2.45, 2.75) is 0 Å². The zero-order chi connectivity index (χ0) is 13.9. The van der Waals surface area contributed by atoms with Crippen molar-refractivity contribution < 1.29 is 18.3 Å². The van der Waals surface area contributed by atoms with Crippen LogP contribution in [0.25, 0.3) is 0 Å². The van der Waals surface area contributed by atoms with Crippen molar-refractivity contribution in [3.05, 3.63) is 40.4 Å². The van der Waals surface area contributed by atoms with Gasteiger partial charge in [0.05, 0.1) is 21.5 Å². The molecule has 0 saturated carbocycles. The Balaban J connectivity index is 3.36. The van der Waals surface area contributed by atoms with Gasteiger partial charge in [-0.05, 0) is 12.1 Å². The van der Waals surface area contributed by atoms with Gasteiger partial charge in [-0.3, -0.25) is 4.72 Å². The van der Waals surface area contributed by atoms with Crippen LogP contribution in [0, 0.1) is 0 Å². The first-order valence-corrected chi connectivity index (χ1v) is 7.02. The number of anilines is 1. The number of carboxylic acid groups (broad SMARTS) is 1. The second-order valence-electron chi connectivity index (χ2n) is 3.26. The summed E-state index contributed by atoms with van der Waals surface area (Å²) in [5.41, 5.74) is -0.643. The predicted molar refractivity (Wildman–Crippen MR) is 71.0 cm³/mol. The molecule has 0 atom stereocenters. The lowest BCUT2D eigenvalue weighted by atomic mass is 10.2. The van der Waals surface area contributed by atoms with Crippen LogP contribution in [0.5, 0.6) is 0 Å². The molecular formula is C10H9Cl2NO4S. The molecule has 0 saturated heterocycles. The summed E-state index contributed by atoms with van der Waals surface area (Å²) in [5, 5.41) is 8.84. The van der Waals surface area contributed by atoms with Gasteiger partial charge in [0, 0.05) is 0 Å². The Kier molecular flexibility index (Phi) is 4.61. The van der Waals surface area contributed by atoms with Crippen LogP contribution in [-0.4, -0.2) is 25.2 Å². The summed E-state index contributed by atoms with van der Waals surface area (Å²) in [7, 11) is -3.75. The van der Waals surface area contributed by atoms with Gasteiger partial charge in [0.25, 0.3) is 0 Å². The molecule has 2 N–H and O–H groups in total. The van der Waals surface area contributed by atoms with E-state index in [1.165, 1.54) is 18.2 Å². The summed E-state index contributed by atoms with van der Waals surface area (Å²) in [4.78, 5) is 11.0. The molecule has 1 aromatic rings. The van der Waals surface area contributed by atoms with Crippen LogP contribution in [-0.2, 0) is 10.0 Å². The molecule has 0 bridgehead atoms. The normalized spacial score (nSPS) is 11.0. The third-order valence-electron chi connectivity index (χ3n) is 1.91. The van der Waals surface area contributed by atoms with Crippen molar-refractivity contribution >= 4 is 44.9 Å². The van der Waals surface area contributed by atoms with E-state index in [1.54, 1.807) is 0 Å². The van der Waals surface area contributed by atoms with Crippen molar-refractivity contribution in [1.29, 1.82) is 0 Å². The molecule has 0 unspecified atom stereocenters. The highest BCUT2D eigenvalue weighted by molar-refractivity contribution is 7.92. The van der Waals surface area contributed by atoms with Crippen LogP contribution in [0.15, 0.2) is 24.8 Å². The van der Waals surface area contributed by atoms with E-state index in [2.05, 4.69) is 11.3 Å². The lowest BCUT2D eigenvalue weighted by Crippen LogP contribution is -2.18. The third kappa shape index (κ3) is 3.38. The Bertz CT molecular complexity index is 598. The molecule has 98 valence electrons. The SMILES string of the molecule is C=CCS(=O)(=O)Nc1c(Cl)ccc(Cl)c1C(=O)O. The molecular weight excluding hydrogens is 301 g/mol. The first kappa shape index (κ1) is 14.8. The minimum atomic E-state index is -3.75. The molecule has 5 nitrogen and oxygen atoms in total. The topological polar surface area (TPSA) is 83.5 Å². The van der Waals surface area contributed by atoms with Gasteiger partial charge in [-0.15, -0.1) is 6.58 Å². The van der Waals surface area contributed by atoms with Crippen LogP contribution in [0.3, 0.4) is 0 Å². The fourth-order valence-corrected chi connectivity index (χ4v) is 2.63. The smallest absolute Gasteiger partial charge is 0.339 e. The Hall–Kier alpha value is -1.24. The first-order chi connectivity index (χ1) is 8.28. The minimum Gasteiger partial charge on any atom is -0.478 e. The molecule has 1 rings (SSSR count). The summed E-state index contributed by atoms with van der Waals surface area (Å²) in [6.45, 7) is 3.29. The number of halogens is 2. The van der Waals surface area contributed by atoms with Crippen molar-refractivity contribution in [3.8, 4) is 0 Å². The zero-order valence-electron chi connectivity index (χ0n) is 8.98. The number of hydrogen-bond donors (Lipinski definition) is 2. The van der Waals surface area contributed by atoms with Crippen LogP contribution >= 0.6 is 23.2 Å². The van der Waals surface area contributed by atoms with E-state index in [0.29, 0.717) is 0 Å². The third-order valence-corrected chi connectivity index (χ3v) is 3.73. The molecule has 0 radical (unpaired) electrons. The molecule has 0 aliphatic rings.